The van der Waals surface area contributed by atoms with Gasteiger partial charge in [0.05, 0.1) is 11.4 Å². The highest BCUT2D eigenvalue weighted by molar-refractivity contribution is 5.97. The third-order valence-corrected chi connectivity index (χ3v) is 10.7. The number of hydrogen-bond donors (Lipinski definition) is 0. The van der Waals surface area contributed by atoms with Gasteiger partial charge in [-0.2, -0.15) is 0 Å². The molecule has 0 fully saturated rings. The molecule has 1 aliphatic carbocycles. The molecule has 0 atom stereocenters. The summed E-state index contributed by atoms with van der Waals surface area (Å²) in [4.78, 5) is 2.44. The lowest BCUT2D eigenvalue weighted by atomic mass is 9.81. The van der Waals surface area contributed by atoms with Gasteiger partial charge in [-0.25, -0.2) is 0 Å². The van der Waals surface area contributed by atoms with Crippen LogP contribution in [0.3, 0.4) is 0 Å². The van der Waals surface area contributed by atoms with Crippen LogP contribution in [0, 0.1) is 0 Å². The van der Waals surface area contributed by atoms with Crippen LogP contribution >= 0.6 is 0 Å². The van der Waals surface area contributed by atoms with Crippen molar-refractivity contribution in [3.63, 3.8) is 0 Å². The van der Waals surface area contributed by atoms with Crippen molar-refractivity contribution in [2.24, 2.45) is 0 Å². The molecule has 248 valence electrons. The molecule has 0 unspecified atom stereocenters. The second-order valence-corrected chi connectivity index (χ2v) is 14.1. The molecule has 1 aliphatic rings. The molecule has 1 nitrogen and oxygen atoms in total. The monoisotopic (exact) mass is 665 g/mol. The van der Waals surface area contributed by atoms with Crippen molar-refractivity contribution in [2.45, 2.75) is 19.3 Å². The summed E-state index contributed by atoms with van der Waals surface area (Å²) in [5, 5.41) is 0. The minimum Gasteiger partial charge on any atom is -0.309 e. The first-order valence-electron chi connectivity index (χ1n) is 18.1. The Morgan fingerprint density at radius 3 is 1.40 bits per heavy atom. The number of rotatable bonds is 7. The van der Waals surface area contributed by atoms with Gasteiger partial charge in [-0.1, -0.05) is 184 Å². The van der Waals surface area contributed by atoms with E-state index in [1.807, 2.05) is 0 Å². The zero-order chi connectivity index (χ0) is 35.1. The Labute approximate surface area is 307 Å². The molecule has 0 saturated heterocycles. The summed E-state index contributed by atoms with van der Waals surface area (Å²) in [5.74, 6) is 0. The Morgan fingerprint density at radius 1 is 0.327 bits per heavy atom. The van der Waals surface area contributed by atoms with Crippen LogP contribution in [0.1, 0.15) is 25.0 Å². The fourth-order valence-electron chi connectivity index (χ4n) is 8.11. The van der Waals surface area contributed by atoms with Gasteiger partial charge in [0.25, 0.3) is 0 Å². The molecule has 0 saturated carbocycles. The van der Waals surface area contributed by atoms with E-state index >= 15 is 0 Å². The summed E-state index contributed by atoms with van der Waals surface area (Å²) in [6.45, 7) is 4.73. The lowest BCUT2D eigenvalue weighted by Gasteiger charge is -2.30. The molecule has 0 spiro atoms. The smallest absolute Gasteiger partial charge is 0.0540 e. The second-order valence-electron chi connectivity index (χ2n) is 14.1. The third kappa shape index (κ3) is 5.43. The molecule has 0 aromatic heterocycles. The van der Waals surface area contributed by atoms with Gasteiger partial charge in [0, 0.05) is 22.2 Å². The molecule has 8 aromatic rings. The molecule has 0 N–H and O–H groups in total. The minimum absolute atomic E-state index is 0.103. The predicted molar refractivity (Wildman–Crippen MR) is 220 cm³/mol. The van der Waals surface area contributed by atoms with Crippen LogP contribution in [0.5, 0.6) is 0 Å². The Kier molecular flexibility index (Phi) is 7.90. The van der Waals surface area contributed by atoms with Crippen LogP contribution in [0.25, 0.3) is 55.6 Å². The Balaban J connectivity index is 1.24. The lowest BCUT2D eigenvalue weighted by molar-refractivity contribution is 0.660. The Bertz CT molecular complexity index is 2510. The first-order chi connectivity index (χ1) is 25.6. The molecular formula is C51H39N. The van der Waals surface area contributed by atoms with Crippen LogP contribution in [0.2, 0.25) is 0 Å². The quantitative estimate of drug-likeness (QED) is 0.164. The number of anilines is 3. The summed E-state index contributed by atoms with van der Waals surface area (Å²) in [6.07, 6.45) is 0. The summed E-state index contributed by atoms with van der Waals surface area (Å²) >= 11 is 0. The van der Waals surface area contributed by atoms with Gasteiger partial charge in [-0.3, -0.25) is 0 Å². The van der Waals surface area contributed by atoms with Crippen molar-refractivity contribution in [1.29, 1.82) is 0 Å². The van der Waals surface area contributed by atoms with Gasteiger partial charge < -0.3 is 4.90 Å². The van der Waals surface area contributed by atoms with Gasteiger partial charge in [-0.15, -0.1) is 0 Å². The zero-order valence-electron chi connectivity index (χ0n) is 29.5. The van der Waals surface area contributed by atoms with Crippen LogP contribution in [0.15, 0.2) is 200 Å². The van der Waals surface area contributed by atoms with E-state index < -0.39 is 0 Å². The van der Waals surface area contributed by atoms with Crippen LogP contribution in [-0.4, -0.2) is 0 Å². The van der Waals surface area contributed by atoms with Crippen molar-refractivity contribution in [1.82, 2.24) is 0 Å². The fourth-order valence-corrected chi connectivity index (χ4v) is 8.11. The van der Waals surface area contributed by atoms with Crippen molar-refractivity contribution in [2.75, 3.05) is 4.90 Å². The minimum atomic E-state index is -0.103. The summed E-state index contributed by atoms with van der Waals surface area (Å²) in [7, 11) is 0. The number of benzene rings is 8. The average molecular weight is 666 g/mol. The molecule has 9 rings (SSSR count). The van der Waals surface area contributed by atoms with Gasteiger partial charge in [0.2, 0.25) is 0 Å². The van der Waals surface area contributed by atoms with Crippen molar-refractivity contribution in [3.8, 4) is 55.6 Å². The van der Waals surface area contributed by atoms with Crippen molar-refractivity contribution < 1.29 is 0 Å². The number of nitrogens with zero attached hydrogens (tertiary/aromatic N) is 1. The van der Waals surface area contributed by atoms with Crippen molar-refractivity contribution >= 4 is 17.1 Å². The van der Waals surface area contributed by atoms with E-state index in [9.17, 15) is 0 Å². The SMILES string of the molecule is CC1(C)c2ccc(-c3ccccc3N(c3ccc(-c4ccccc4)cc3)c3ccccc3-c3ccccc3)cc2-c2c(-c3ccccc3)cccc21. The van der Waals surface area contributed by atoms with E-state index in [4.69, 9.17) is 0 Å². The molecule has 0 heterocycles. The number of para-hydroxylation sites is 2. The van der Waals surface area contributed by atoms with E-state index in [2.05, 4.69) is 219 Å². The highest BCUT2D eigenvalue weighted by atomic mass is 15.1. The first-order valence-corrected chi connectivity index (χ1v) is 18.1. The topological polar surface area (TPSA) is 3.24 Å². The van der Waals surface area contributed by atoms with E-state index in [1.54, 1.807) is 0 Å². The third-order valence-electron chi connectivity index (χ3n) is 10.7. The average Bonchev–Trinajstić information content (AvgIpc) is 3.45. The molecule has 1 heteroatoms. The summed E-state index contributed by atoms with van der Waals surface area (Å²) in [5.41, 5.74) is 18.4. The maximum Gasteiger partial charge on any atom is 0.0540 e. The molecule has 0 bridgehead atoms. The molecule has 0 aliphatic heterocycles. The van der Waals surface area contributed by atoms with E-state index in [1.165, 1.54) is 66.8 Å². The number of hydrogen-bond acceptors (Lipinski definition) is 1. The molecule has 52 heavy (non-hydrogen) atoms. The standard InChI is InChI=1S/C51H39N/c1-51(2)46-34-31-40(35-45(46)50-44(25-16-26-47(50)51)39-21-10-5-11-22-39)43-24-13-15-28-49(43)52(41-32-29-37(30-33-41)36-17-6-3-7-18-36)48-27-14-12-23-42(48)38-19-8-4-9-20-38/h3-35H,1-2H3. The van der Waals surface area contributed by atoms with Gasteiger partial charge in [-0.05, 0) is 86.0 Å². The van der Waals surface area contributed by atoms with Gasteiger partial charge in [0.15, 0.2) is 0 Å². The van der Waals surface area contributed by atoms with E-state index in [0.29, 0.717) is 0 Å². The molecule has 0 amide bonds. The highest BCUT2D eigenvalue weighted by Gasteiger charge is 2.37. The second kappa shape index (κ2) is 13.0. The molecule has 0 radical (unpaired) electrons. The molecule has 8 aromatic carbocycles. The zero-order valence-corrected chi connectivity index (χ0v) is 29.5. The Hall–Kier alpha value is -6.44. The fraction of sp³-hybridized carbons (Fsp3) is 0.0588. The maximum atomic E-state index is 2.44. The van der Waals surface area contributed by atoms with Gasteiger partial charge in [0.1, 0.15) is 0 Å². The predicted octanol–water partition coefficient (Wildman–Crippen LogP) is 14.1. The van der Waals surface area contributed by atoms with Crippen LogP contribution < -0.4 is 4.90 Å². The normalized spacial score (nSPS) is 12.6. The summed E-state index contributed by atoms with van der Waals surface area (Å²) < 4.78 is 0. The lowest BCUT2D eigenvalue weighted by Crippen LogP contribution is -2.15. The van der Waals surface area contributed by atoms with E-state index in [0.717, 1.165) is 17.1 Å². The first kappa shape index (κ1) is 31.5. The largest absolute Gasteiger partial charge is 0.309 e. The highest BCUT2D eigenvalue weighted by Crippen LogP contribution is 2.54. The molecular weight excluding hydrogens is 627 g/mol. The summed E-state index contributed by atoms with van der Waals surface area (Å²) in [6, 6.07) is 72.7. The van der Waals surface area contributed by atoms with Crippen molar-refractivity contribution in [3.05, 3.63) is 211 Å². The van der Waals surface area contributed by atoms with Gasteiger partial charge >= 0.3 is 0 Å². The van der Waals surface area contributed by atoms with Crippen LogP contribution in [0.4, 0.5) is 17.1 Å². The van der Waals surface area contributed by atoms with E-state index in [-0.39, 0.29) is 5.41 Å². The number of fused-ring (bicyclic) bond motifs is 3. The Morgan fingerprint density at radius 2 is 0.788 bits per heavy atom. The van der Waals surface area contributed by atoms with Crippen LogP contribution in [-0.2, 0) is 5.41 Å². The maximum absolute atomic E-state index is 2.44.